The third-order valence-electron chi connectivity index (χ3n) is 5.34. The van der Waals surface area contributed by atoms with Crippen molar-refractivity contribution < 1.29 is 14.3 Å². The molecule has 36 heavy (non-hydrogen) atoms. The molecule has 6 nitrogen and oxygen atoms in total. The highest BCUT2D eigenvalue weighted by atomic mass is 35.5. The molecular weight excluding hydrogens is 494 g/mol. The highest BCUT2D eigenvalue weighted by molar-refractivity contribution is 8.00. The van der Waals surface area contributed by atoms with Gasteiger partial charge < -0.3 is 14.8 Å². The minimum Gasteiger partial charge on any atom is -0.497 e. The lowest BCUT2D eigenvalue weighted by molar-refractivity contribution is -0.113. The van der Waals surface area contributed by atoms with Crippen LogP contribution in [0.1, 0.15) is 5.56 Å². The molecule has 0 saturated heterocycles. The number of nitriles is 1. The van der Waals surface area contributed by atoms with E-state index in [0.717, 1.165) is 22.4 Å². The molecule has 1 amide bonds. The Morgan fingerprint density at radius 1 is 1.00 bits per heavy atom. The zero-order valence-corrected chi connectivity index (χ0v) is 21.2. The molecule has 3 aromatic carbocycles. The van der Waals surface area contributed by atoms with Crippen LogP contribution in [0.5, 0.6) is 11.5 Å². The smallest absolute Gasteiger partial charge is 0.234 e. The number of pyridine rings is 1. The zero-order valence-electron chi connectivity index (χ0n) is 19.6. The molecule has 1 N–H and O–H groups in total. The first-order valence-electron chi connectivity index (χ1n) is 10.9. The first-order valence-corrected chi connectivity index (χ1v) is 12.3. The molecule has 0 aliphatic carbocycles. The summed E-state index contributed by atoms with van der Waals surface area (Å²) in [4.78, 5) is 17.5. The molecule has 4 rings (SSSR count). The van der Waals surface area contributed by atoms with Gasteiger partial charge in [0.15, 0.2) is 0 Å². The maximum atomic E-state index is 12.8. The highest BCUT2D eigenvalue weighted by Crippen LogP contribution is 2.35. The monoisotopic (exact) mass is 515 g/mol. The van der Waals surface area contributed by atoms with Gasteiger partial charge in [0, 0.05) is 16.1 Å². The van der Waals surface area contributed by atoms with E-state index in [2.05, 4.69) is 11.4 Å². The number of ether oxygens (including phenoxy) is 2. The van der Waals surface area contributed by atoms with Gasteiger partial charge in [-0.05, 0) is 54.1 Å². The summed E-state index contributed by atoms with van der Waals surface area (Å²) in [6, 6.07) is 26.4. The average molecular weight is 516 g/mol. The molecule has 180 valence electrons. The van der Waals surface area contributed by atoms with E-state index in [0.29, 0.717) is 32.7 Å². The maximum Gasteiger partial charge on any atom is 0.234 e. The van der Waals surface area contributed by atoms with Gasteiger partial charge in [-0.2, -0.15) is 5.26 Å². The molecule has 0 fully saturated rings. The number of halogens is 1. The number of methoxy groups -OCH3 is 2. The Morgan fingerprint density at radius 2 is 1.75 bits per heavy atom. The second-order valence-electron chi connectivity index (χ2n) is 7.62. The van der Waals surface area contributed by atoms with Crippen LogP contribution in [0.3, 0.4) is 0 Å². The quantitative estimate of drug-likeness (QED) is 0.263. The molecule has 0 spiro atoms. The Hall–Kier alpha value is -3.99. The Morgan fingerprint density at radius 3 is 2.42 bits per heavy atom. The number of rotatable bonds is 8. The number of benzene rings is 3. The molecule has 0 saturated carbocycles. The van der Waals surface area contributed by atoms with E-state index in [1.807, 2.05) is 60.7 Å². The maximum absolute atomic E-state index is 12.8. The molecule has 0 aliphatic heterocycles. The average Bonchev–Trinajstić information content (AvgIpc) is 2.92. The van der Waals surface area contributed by atoms with Crippen molar-refractivity contribution in [3.63, 3.8) is 0 Å². The number of nitrogens with zero attached hydrogens (tertiary/aromatic N) is 2. The lowest BCUT2D eigenvalue weighted by Gasteiger charge is -2.13. The fourth-order valence-corrected chi connectivity index (χ4v) is 4.56. The second kappa shape index (κ2) is 11.6. The van der Waals surface area contributed by atoms with Crippen molar-refractivity contribution in [1.29, 1.82) is 5.26 Å². The number of hydrogen-bond donors (Lipinski definition) is 1. The predicted molar refractivity (Wildman–Crippen MR) is 144 cm³/mol. The summed E-state index contributed by atoms with van der Waals surface area (Å²) in [5.74, 6) is 1.000. The summed E-state index contributed by atoms with van der Waals surface area (Å²) in [7, 11) is 3.13. The van der Waals surface area contributed by atoms with Crippen molar-refractivity contribution in [2.75, 3.05) is 25.3 Å². The van der Waals surface area contributed by atoms with Crippen molar-refractivity contribution >= 4 is 35.0 Å². The normalized spacial score (nSPS) is 10.4. The molecule has 8 heteroatoms. The van der Waals surface area contributed by atoms with Crippen LogP contribution < -0.4 is 14.8 Å². The number of hydrogen-bond acceptors (Lipinski definition) is 6. The number of nitrogens with one attached hydrogen (secondary N) is 1. The number of carbonyl (C=O) groups is 1. The lowest BCUT2D eigenvalue weighted by Crippen LogP contribution is -2.15. The van der Waals surface area contributed by atoms with Gasteiger partial charge in [-0.1, -0.05) is 53.7 Å². The van der Waals surface area contributed by atoms with E-state index < -0.39 is 0 Å². The zero-order chi connectivity index (χ0) is 25.5. The van der Waals surface area contributed by atoms with Crippen LogP contribution in [-0.2, 0) is 4.79 Å². The predicted octanol–water partition coefficient (Wildman–Crippen LogP) is 6.69. The lowest BCUT2D eigenvalue weighted by atomic mass is 9.99. The molecule has 0 aliphatic rings. The van der Waals surface area contributed by atoms with Gasteiger partial charge in [0.2, 0.25) is 5.91 Å². The Balaban J connectivity index is 1.67. The molecular formula is C28H22ClN3O3S. The molecule has 0 unspecified atom stereocenters. The van der Waals surface area contributed by atoms with Crippen LogP contribution in [-0.4, -0.2) is 30.9 Å². The number of carbonyl (C=O) groups excluding carboxylic acids is 1. The van der Waals surface area contributed by atoms with Gasteiger partial charge in [0.1, 0.15) is 22.6 Å². The van der Waals surface area contributed by atoms with Crippen molar-refractivity contribution in [3.05, 3.63) is 89.4 Å². The van der Waals surface area contributed by atoms with E-state index in [4.69, 9.17) is 26.1 Å². The SMILES string of the molecule is COc1ccc(-c2cc(-c3ccccc3)c(C#N)c(SCC(=O)Nc3cc(Cl)ccc3OC)n2)cc1. The van der Waals surface area contributed by atoms with Crippen molar-refractivity contribution in [3.8, 4) is 40.0 Å². The van der Waals surface area contributed by atoms with Gasteiger partial charge in [-0.25, -0.2) is 4.98 Å². The van der Waals surface area contributed by atoms with E-state index in [1.165, 1.54) is 18.9 Å². The van der Waals surface area contributed by atoms with Crippen LogP contribution in [0.25, 0.3) is 22.4 Å². The minimum atomic E-state index is -0.276. The summed E-state index contributed by atoms with van der Waals surface area (Å²) >= 11 is 7.27. The van der Waals surface area contributed by atoms with E-state index in [1.54, 1.807) is 25.3 Å². The molecule has 4 aromatic rings. The number of thioether (sulfide) groups is 1. The third kappa shape index (κ3) is 5.80. The van der Waals surface area contributed by atoms with Crippen molar-refractivity contribution in [1.82, 2.24) is 4.98 Å². The van der Waals surface area contributed by atoms with E-state index in [9.17, 15) is 10.1 Å². The standard InChI is InChI=1S/C28H22ClN3O3S/c1-34-21-11-8-19(9-12-21)24-15-22(18-6-4-3-5-7-18)23(16-30)28(32-24)36-17-27(33)31-25-14-20(29)10-13-26(25)35-2/h3-15H,17H2,1-2H3,(H,31,33). The van der Waals surface area contributed by atoms with Crippen LogP contribution in [0.2, 0.25) is 5.02 Å². The second-order valence-corrected chi connectivity index (χ2v) is 9.02. The van der Waals surface area contributed by atoms with Gasteiger partial charge in [0.25, 0.3) is 0 Å². The number of amides is 1. The summed E-state index contributed by atoms with van der Waals surface area (Å²) < 4.78 is 10.6. The van der Waals surface area contributed by atoms with Gasteiger partial charge >= 0.3 is 0 Å². The van der Waals surface area contributed by atoms with Crippen LogP contribution in [0.15, 0.2) is 83.9 Å². The van der Waals surface area contributed by atoms with Gasteiger partial charge in [-0.15, -0.1) is 0 Å². The van der Waals surface area contributed by atoms with Crippen LogP contribution in [0, 0.1) is 11.3 Å². The first-order chi connectivity index (χ1) is 17.5. The fourth-order valence-electron chi connectivity index (χ4n) is 3.59. The van der Waals surface area contributed by atoms with Gasteiger partial charge in [-0.3, -0.25) is 4.79 Å². The number of anilines is 1. The van der Waals surface area contributed by atoms with E-state index >= 15 is 0 Å². The minimum absolute atomic E-state index is 0.0393. The van der Waals surface area contributed by atoms with Crippen LogP contribution in [0.4, 0.5) is 5.69 Å². The summed E-state index contributed by atoms with van der Waals surface area (Å²) in [5, 5.41) is 13.8. The topological polar surface area (TPSA) is 84.2 Å². The first kappa shape index (κ1) is 25.1. The summed E-state index contributed by atoms with van der Waals surface area (Å²) in [5.41, 5.74) is 4.08. The molecule has 0 bridgehead atoms. The highest BCUT2D eigenvalue weighted by Gasteiger charge is 2.18. The van der Waals surface area contributed by atoms with Crippen molar-refractivity contribution in [2.24, 2.45) is 0 Å². The summed E-state index contributed by atoms with van der Waals surface area (Å²) in [6.45, 7) is 0. The number of aromatic nitrogens is 1. The molecule has 0 radical (unpaired) electrons. The molecule has 1 aromatic heterocycles. The Labute approximate surface area is 218 Å². The van der Waals surface area contributed by atoms with E-state index in [-0.39, 0.29) is 11.7 Å². The molecule has 1 heterocycles. The third-order valence-corrected chi connectivity index (χ3v) is 6.55. The van der Waals surface area contributed by atoms with Crippen LogP contribution >= 0.6 is 23.4 Å². The Bertz CT molecular complexity index is 1420. The Kier molecular flexibility index (Phi) is 8.11. The summed E-state index contributed by atoms with van der Waals surface area (Å²) in [6.07, 6.45) is 0. The fraction of sp³-hybridized carbons (Fsp3) is 0.107. The van der Waals surface area contributed by atoms with Crippen molar-refractivity contribution in [2.45, 2.75) is 5.03 Å². The largest absolute Gasteiger partial charge is 0.497 e. The molecule has 0 atom stereocenters. The van der Waals surface area contributed by atoms with Gasteiger partial charge in [0.05, 0.1) is 36.9 Å².